The summed E-state index contributed by atoms with van der Waals surface area (Å²) < 4.78 is 5.08. The van der Waals surface area contributed by atoms with E-state index in [9.17, 15) is 4.79 Å². The minimum Gasteiger partial charge on any atom is -0.495 e. The monoisotopic (exact) mass is 261 g/mol. The van der Waals surface area contributed by atoms with Gasteiger partial charge in [0.05, 0.1) is 7.11 Å². The molecule has 5 heteroatoms. The Morgan fingerprint density at radius 3 is 3.00 bits per heavy atom. The Morgan fingerprint density at radius 2 is 2.31 bits per heavy atom. The van der Waals surface area contributed by atoms with E-state index in [2.05, 4.69) is 5.32 Å². The third-order valence-electron chi connectivity index (χ3n) is 2.15. The molecule has 0 unspecified atom stereocenters. The zero-order chi connectivity index (χ0) is 11.8. The molecule has 0 aliphatic heterocycles. The highest BCUT2D eigenvalue weighted by Crippen LogP contribution is 2.23. The molecule has 16 heavy (non-hydrogen) atoms. The lowest BCUT2D eigenvalue weighted by Gasteiger charge is -2.04. The smallest absolute Gasteiger partial charge is 0.265 e. The zero-order valence-electron chi connectivity index (χ0n) is 9.29. The van der Waals surface area contributed by atoms with Crippen molar-refractivity contribution < 1.29 is 9.53 Å². The van der Waals surface area contributed by atoms with Crippen LogP contribution in [0.1, 0.15) is 28.9 Å². The summed E-state index contributed by atoms with van der Waals surface area (Å²) in [6.07, 6.45) is 3.01. The van der Waals surface area contributed by atoms with E-state index in [0.717, 1.165) is 19.3 Å². The molecule has 1 rings (SSSR count). The number of rotatable bonds is 7. The van der Waals surface area contributed by atoms with Crippen LogP contribution in [0.2, 0.25) is 0 Å². The van der Waals surface area contributed by atoms with Crippen molar-refractivity contribution in [3.63, 3.8) is 0 Å². The first-order chi connectivity index (χ1) is 7.79. The molecule has 1 heterocycles. The molecule has 0 aliphatic rings. The maximum absolute atomic E-state index is 11.7. The summed E-state index contributed by atoms with van der Waals surface area (Å²) in [4.78, 5) is 12.4. The molecule has 0 aromatic carbocycles. The van der Waals surface area contributed by atoms with Crippen molar-refractivity contribution in [2.24, 2.45) is 0 Å². The van der Waals surface area contributed by atoms with E-state index in [1.54, 1.807) is 13.2 Å². The van der Waals surface area contributed by atoms with Crippen LogP contribution in [0.3, 0.4) is 0 Å². The first-order valence-corrected chi connectivity index (χ1v) is 6.66. The Balaban J connectivity index is 2.30. The quantitative estimate of drug-likeness (QED) is 0.605. The molecule has 0 radical (unpaired) electrons. The Morgan fingerprint density at radius 1 is 1.50 bits per heavy atom. The molecule has 0 atom stereocenters. The van der Waals surface area contributed by atoms with Crippen molar-refractivity contribution in [3.8, 4) is 5.75 Å². The fourth-order valence-corrected chi connectivity index (χ4v) is 2.27. The van der Waals surface area contributed by atoms with Crippen molar-refractivity contribution >= 4 is 28.8 Å². The number of unbranched alkanes of at least 4 members (excludes halogenated alkanes) is 2. The Labute approximate surface area is 105 Å². The molecule has 1 N–H and O–H groups in total. The molecule has 0 saturated heterocycles. The maximum Gasteiger partial charge on any atom is 0.265 e. The van der Waals surface area contributed by atoms with Crippen LogP contribution in [-0.2, 0) is 0 Å². The van der Waals surface area contributed by atoms with Crippen molar-refractivity contribution in [2.45, 2.75) is 19.3 Å². The summed E-state index contributed by atoms with van der Waals surface area (Å²) in [6, 6.07) is 1.80. The molecule has 0 saturated carbocycles. The van der Waals surface area contributed by atoms with Gasteiger partial charge in [-0.15, -0.1) is 22.9 Å². The van der Waals surface area contributed by atoms with E-state index < -0.39 is 0 Å². The lowest BCUT2D eigenvalue weighted by atomic mass is 10.2. The molecule has 1 aromatic heterocycles. The largest absolute Gasteiger partial charge is 0.495 e. The number of amides is 1. The van der Waals surface area contributed by atoms with Gasteiger partial charge in [0.2, 0.25) is 0 Å². The van der Waals surface area contributed by atoms with Crippen molar-refractivity contribution in [3.05, 3.63) is 16.3 Å². The molecular weight excluding hydrogens is 246 g/mol. The number of ether oxygens (including phenoxy) is 1. The summed E-state index contributed by atoms with van der Waals surface area (Å²) in [6.45, 7) is 0.691. The lowest BCUT2D eigenvalue weighted by Crippen LogP contribution is -2.23. The number of carbonyl (C=O) groups excluding carboxylic acids is 1. The van der Waals surface area contributed by atoms with E-state index in [0.29, 0.717) is 23.1 Å². The summed E-state index contributed by atoms with van der Waals surface area (Å²) in [7, 11) is 1.57. The van der Waals surface area contributed by atoms with Gasteiger partial charge in [-0.2, -0.15) is 0 Å². The third-order valence-corrected chi connectivity index (χ3v) is 3.31. The second-order valence-electron chi connectivity index (χ2n) is 3.32. The van der Waals surface area contributed by atoms with Crippen LogP contribution in [-0.4, -0.2) is 25.4 Å². The molecule has 0 fully saturated rings. The SMILES string of the molecule is COc1ccsc1C(=O)NCCCCCCl. The summed E-state index contributed by atoms with van der Waals surface area (Å²) >= 11 is 6.95. The van der Waals surface area contributed by atoms with Gasteiger partial charge >= 0.3 is 0 Å². The van der Waals surface area contributed by atoms with Crippen LogP contribution < -0.4 is 10.1 Å². The number of hydrogen-bond donors (Lipinski definition) is 1. The standard InChI is InChI=1S/C11H16ClNO2S/c1-15-9-5-8-16-10(9)11(14)13-7-4-2-3-6-12/h5,8H,2-4,6-7H2,1H3,(H,13,14). The topological polar surface area (TPSA) is 38.3 Å². The van der Waals surface area contributed by atoms with Gasteiger partial charge in [0.15, 0.2) is 0 Å². The minimum absolute atomic E-state index is 0.0577. The number of hydrogen-bond acceptors (Lipinski definition) is 3. The second-order valence-corrected chi connectivity index (χ2v) is 4.62. The molecule has 0 aliphatic carbocycles. The first-order valence-electron chi connectivity index (χ1n) is 5.25. The van der Waals surface area contributed by atoms with Gasteiger partial charge in [-0.25, -0.2) is 0 Å². The number of alkyl halides is 1. The summed E-state index contributed by atoms with van der Waals surface area (Å²) in [5.41, 5.74) is 0. The maximum atomic E-state index is 11.7. The highest BCUT2D eigenvalue weighted by Gasteiger charge is 2.12. The van der Waals surface area contributed by atoms with Gasteiger partial charge < -0.3 is 10.1 Å². The van der Waals surface area contributed by atoms with Gasteiger partial charge in [0.1, 0.15) is 10.6 Å². The highest BCUT2D eigenvalue weighted by atomic mass is 35.5. The van der Waals surface area contributed by atoms with Crippen molar-refractivity contribution in [1.82, 2.24) is 5.32 Å². The van der Waals surface area contributed by atoms with Gasteiger partial charge in [-0.1, -0.05) is 6.42 Å². The fourth-order valence-electron chi connectivity index (χ4n) is 1.30. The van der Waals surface area contributed by atoms with E-state index in [1.165, 1.54) is 11.3 Å². The number of carbonyl (C=O) groups is 1. The number of halogens is 1. The molecule has 90 valence electrons. The van der Waals surface area contributed by atoms with Crippen LogP contribution >= 0.6 is 22.9 Å². The zero-order valence-corrected chi connectivity index (χ0v) is 10.9. The van der Waals surface area contributed by atoms with E-state index in [-0.39, 0.29) is 5.91 Å². The average Bonchev–Trinajstić information content (AvgIpc) is 2.76. The van der Waals surface area contributed by atoms with Gasteiger partial charge in [0, 0.05) is 12.4 Å². The predicted octanol–water partition coefficient (Wildman–Crippen LogP) is 2.90. The molecular formula is C11H16ClNO2S. The summed E-state index contributed by atoms with van der Waals surface area (Å²) in [5, 5.41) is 4.72. The Bertz CT molecular complexity index is 328. The Hall–Kier alpha value is -0.740. The van der Waals surface area contributed by atoms with Crippen LogP contribution in [0.15, 0.2) is 11.4 Å². The fraction of sp³-hybridized carbons (Fsp3) is 0.545. The number of nitrogens with one attached hydrogen (secondary N) is 1. The van der Waals surface area contributed by atoms with Gasteiger partial charge in [0.25, 0.3) is 5.91 Å². The normalized spacial score (nSPS) is 10.1. The predicted molar refractivity (Wildman–Crippen MR) is 67.8 cm³/mol. The summed E-state index contributed by atoms with van der Waals surface area (Å²) in [5.74, 6) is 1.27. The van der Waals surface area contributed by atoms with Gasteiger partial charge in [-0.05, 0) is 24.3 Å². The van der Waals surface area contributed by atoms with Crippen LogP contribution in [0, 0.1) is 0 Å². The molecule has 3 nitrogen and oxygen atoms in total. The minimum atomic E-state index is -0.0577. The highest BCUT2D eigenvalue weighted by molar-refractivity contribution is 7.12. The number of thiophene rings is 1. The molecule has 0 spiro atoms. The first kappa shape index (κ1) is 13.3. The molecule has 1 amide bonds. The average molecular weight is 262 g/mol. The van der Waals surface area contributed by atoms with Crippen molar-refractivity contribution in [2.75, 3.05) is 19.5 Å². The van der Waals surface area contributed by atoms with E-state index >= 15 is 0 Å². The molecule has 1 aromatic rings. The van der Waals surface area contributed by atoms with Crippen LogP contribution in [0.25, 0.3) is 0 Å². The van der Waals surface area contributed by atoms with E-state index in [1.807, 2.05) is 5.38 Å². The lowest BCUT2D eigenvalue weighted by molar-refractivity contribution is 0.0954. The second kappa shape index (κ2) is 7.52. The van der Waals surface area contributed by atoms with Crippen LogP contribution in [0.5, 0.6) is 5.75 Å². The third kappa shape index (κ3) is 4.02. The molecule has 0 bridgehead atoms. The van der Waals surface area contributed by atoms with Gasteiger partial charge in [-0.3, -0.25) is 4.79 Å². The van der Waals surface area contributed by atoms with Crippen LogP contribution in [0.4, 0.5) is 0 Å². The number of methoxy groups -OCH3 is 1. The van der Waals surface area contributed by atoms with E-state index in [4.69, 9.17) is 16.3 Å². The Kier molecular flexibility index (Phi) is 6.26. The van der Waals surface area contributed by atoms with Crippen molar-refractivity contribution in [1.29, 1.82) is 0 Å².